The van der Waals surface area contributed by atoms with E-state index in [-0.39, 0.29) is 0 Å². The first kappa shape index (κ1) is 13.2. The third-order valence-electron chi connectivity index (χ3n) is 3.08. The first-order valence-electron chi connectivity index (χ1n) is 6.14. The molecule has 0 amide bonds. The van der Waals surface area contributed by atoms with Crippen LogP contribution in [0.5, 0.6) is 0 Å². The van der Waals surface area contributed by atoms with Gasteiger partial charge in [-0.3, -0.25) is 0 Å². The van der Waals surface area contributed by atoms with Crippen LogP contribution in [0.3, 0.4) is 0 Å². The Morgan fingerprint density at radius 3 is 2.26 bits per heavy atom. The minimum atomic E-state index is 0.621. The zero-order valence-corrected chi connectivity index (χ0v) is 11.0. The fourth-order valence-corrected chi connectivity index (χ4v) is 2.12. The van der Waals surface area contributed by atoms with E-state index >= 15 is 0 Å². The Morgan fingerprint density at radius 1 is 0.947 bits per heavy atom. The second kappa shape index (κ2) is 5.63. The van der Waals surface area contributed by atoms with Crippen molar-refractivity contribution in [3.8, 4) is 11.1 Å². The molecule has 0 aliphatic heterocycles. The molecule has 2 aromatic carbocycles. The van der Waals surface area contributed by atoms with Crippen LogP contribution >= 0.6 is 0 Å². The Hall–Kier alpha value is -2.20. The van der Waals surface area contributed by atoms with Crippen LogP contribution in [-0.4, -0.2) is 13.7 Å². The van der Waals surface area contributed by atoms with Crippen LogP contribution in [0.25, 0.3) is 11.1 Å². The highest BCUT2D eigenvalue weighted by atomic mass is 16.5. The maximum atomic E-state index is 6.07. The lowest BCUT2D eigenvalue weighted by Gasteiger charge is -2.14. The van der Waals surface area contributed by atoms with Crippen molar-refractivity contribution in [3.63, 3.8) is 0 Å². The monoisotopic (exact) mass is 257 g/mol. The molecule has 0 radical (unpaired) electrons. The summed E-state index contributed by atoms with van der Waals surface area (Å²) in [5.74, 6) is 0. The van der Waals surface area contributed by atoms with E-state index in [9.17, 15) is 0 Å². The maximum absolute atomic E-state index is 6.07. The minimum absolute atomic E-state index is 0.621. The molecule has 2 rings (SSSR count). The molecule has 0 fully saturated rings. The van der Waals surface area contributed by atoms with Crippen LogP contribution < -0.4 is 17.2 Å². The van der Waals surface area contributed by atoms with E-state index in [1.807, 2.05) is 30.3 Å². The average Bonchev–Trinajstić information content (AvgIpc) is 2.38. The van der Waals surface area contributed by atoms with Gasteiger partial charge in [0, 0.05) is 24.2 Å². The summed E-state index contributed by atoms with van der Waals surface area (Å²) >= 11 is 0. The standard InChI is InChI=1S/C15H19N3O/c1-19-7-6-13-14(8-12(17)9-15(13)18)10-2-4-11(16)5-3-10/h2-5,8-9H,6-7,16-18H2,1H3. The number of ether oxygens (including phenoxy) is 1. The molecule has 0 aromatic heterocycles. The summed E-state index contributed by atoms with van der Waals surface area (Å²) in [5.41, 5.74) is 22.9. The molecule has 4 heteroatoms. The largest absolute Gasteiger partial charge is 0.399 e. The fourth-order valence-electron chi connectivity index (χ4n) is 2.12. The summed E-state index contributed by atoms with van der Waals surface area (Å²) in [5, 5.41) is 0. The highest BCUT2D eigenvalue weighted by Crippen LogP contribution is 2.31. The number of hydrogen-bond donors (Lipinski definition) is 3. The van der Waals surface area contributed by atoms with Gasteiger partial charge in [-0.2, -0.15) is 0 Å². The van der Waals surface area contributed by atoms with Crippen LogP contribution in [0.1, 0.15) is 5.56 Å². The first-order valence-corrected chi connectivity index (χ1v) is 6.14. The highest BCUT2D eigenvalue weighted by Gasteiger charge is 2.10. The minimum Gasteiger partial charge on any atom is -0.399 e. The molecule has 0 atom stereocenters. The van der Waals surface area contributed by atoms with E-state index in [0.717, 1.165) is 28.8 Å². The fraction of sp³-hybridized carbons (Fsp3) is 0.200. The van der Waals surface area contributed by atoms with Gasteiger partial charge in [0.25, 0.3) is 0 Å². The zero-order chi connectivity index (χ0) is 13.8. The van der Waals surface area contributed by atoms with Crippen molar-refractivity contribution >= 4 is 17.1 Å². The van der Waals surface area contributed by atoms with E-state index in [1.54, 1.807) is 13.2 Å². The molecule has 0 aliphatic carbocycles. The number of hydrogen-bond acceptors (Lipinski definition) is 4. The molecular formula is C15H19N3O. The van der Waals surface area contributed by atoms with Crippen LogP contribution in [0, 0.1) is 0 Å². The number of rotatable bonds is 4. The lowest BCUT2D eigenvalue weighted by atomic mass is 9.95. The zero-order valence-electron chi connectivity index (χ0n) is 11.0. The van der Waals surface area contributed by atoms with Crippen molar-refractivity contribution in [2.75, 3.05) is 30.9 Å². The van der Waals surface area contributed by atoms with Crippen molar-refractivity contribution in [3.05, 3.63) is 42.0 Å². The van der Waals surface area contributed by atoms with Gasteiger partial charge in [-0.1, -0.05) is 12.1 Å². The normalized spacial score (nSPS) is 10.6. The molecule has 0 saturated carbocycles. The number of nitrogen functional groups attached to an aromatic ring is 3. The van der Waals surface area contributed by atoms with Gasteiger partial charge in [0.1, 0.15) is 0 Å². The van der Waals surface area contributed by atoms with E-state index in [2.05, 4.69) is 0 Å². The van der Waals surface area contributed by atoms with Gasteiger partial charge in [0.15, 0.2) is 0 Å². The van der Waals surface area contributed by atoms with Crippen LogP contribution in [0.4, 0.5) is 17.1 Å². The average molecular weight is 257 g/mol. The van der Waals surface area contributed by atoms with Gasteiger partial charge in [-0.15, -0.1) is 0 Å². The predicted molar refractivity (Wildman–Crippen MR) is 80.7 cm³/mol. The molecule has 100 valence electrons. The van der Waals surface area contributed by atoms with Gasteiger partial charge >= 0.3 is 0 Å². The van der Waals surface area contributed by atoms with Gasteiger partial charge in [-0.25, -0.2) is 0 Å². The summed E-state index contributed by atoms with van der Waals surface area (Å²) in [6, 6.07) is 11.4. The Bertz CT molecular complexity index is 564. The molecule has 0 bridgehead atoms. The first-order chi connectivity index (χ1) is 9.11. The molecule has 4 nitrogen and oxygen atoms in total. The molecule has 6 N–H and O–H groups in total. The second-order valence-electron chi connectivity index (χ2n) is 4.50. The number of benzene rings is 2. The summed E-state index contributed by atoms with van der Waals surface area (Å²) in [4.78, 5) is 0. The SMILES string of the molecule is COCCc1c(N)cc(N)cc1-c1ccc(N)cc1. The number of anilines is 3. The lowest BCUT2D eigenvalue weighted by molar-refractivity contribution is 0.202. The van der Waals surface area contributed by atoms with Crippen LogP contribution in [0.2, 0.25) is 0 Å². The van der Waals surface area contributed by atoms with Crippen LogP contribution in [-0.2, 0) is 11.2 Å². The molecular weight excluding hydrogens is 238 g/mol. The Balaban J connectivity index is 2.50. The maximum Gasteiger partial charge on any atom is 0.0503 e. The van der Waals surface area contributed by atoms with E-state index < -0.39 is 0 Å². The van der Waals surface area contributed by atoms with Crippen molar-refractivity contribution in [1.29, 1.82) is 0 Å². The highest BCUT2D eigenvalue weighted by molar-refractivity contribution is 5.78. The smallest absolute Gasteiger partial charge is 0.0503 e. The Kier molecular flexibility index (Phi) is 3.92. The third kappa shape index (κ3) is 2.98. The molecule has 0 saturated heterocycles. The lowest BCUT2D eigenvalue weighted by Crippen LogP contribution is -2.03. The molecule has 0 heterocycles. The summed E-state index contributed by atoms with van der Waals surface area (Å²) in [7, 11) is 1.68. The number of methoxy groups -OCH3 is 1. The molecule has 0 spiro atoms. The van der Waals surface area contributed by atoms with Gasteiger partial charge in [-0.05, 0) is 47.4 Å². The van der Waals surface area contributed by atoms with Crippen molar-refractivity contribution in [2.45, 2.75) is 6.42 Å². The van der Waals surface area contributed by atoms with Crippen molar-refractivity contribution < 1.29 is 4.74 Å². The topological polar surface area (TPSA) is 87.3 Å². The second-order valence-corrected chi connectivity index (χ2v) is 4.50. The molecule has 19 heavy (non-hydrogen) atoms. The number of nitrogens with two attached hydrogens (primary N) is 3. The molecule has 0 aliphatic rings. The van der Waals surface area contributed by atoms with E-state index in [0.29, 0.717) is 18.0 Å². The van der Waals surface area contributed by atoms with Gasteiger partial charge in [0.05, 0.1) is 6.61 Å². The van der Waals surface area contributed by atoms with Gasteiger partial charge in [0.2, 0.25) is 0 Å². The molecule has 0 unspecified atom stereocenters. The van der Waals surface area contributed by atoms with Crippen molar-refractivity contribution in [1.82, 2.24) is 0 Å². The van der Waals surface area contributed by atoms with E-state index in [1.165, 1.54) is 0 Å². The Labute approximate surface area is 113 Å². The molecule has 2 aromatic rings. The van der Waals surface area contributed by atoms with Gasteiger partial charge < -0.3 is 21.9 Å². The van der Waals surface area contributed by atoms with Crippen LogP contribution in [0.15, 0.2) is 36.4 Å². The summed E-state index contributed by atoms with van der Waals surface area (Å²) in [6.45, 7) is 0.621. The van der Waals surface area contributed by atoms with Crippen molar-refractivity contribution in [2.24, 2.45) is 0 Å². The third-order valence-corrected chi connectivity index (χ3v) is 3.08. The predicted octanol–water partition coefficient (Wildman–Crippen LogP) is 2.29. The van der Waals surface area contributed by atoms with E-state index in [4.69, 9.17) is 21.9 Å². The quantitative estimate of drug-likeness (QED) is 0.733. The Morgan fingerprint density at radius 2 is 1.63 bits per heavy atom. The summed E-state index contributed by atoms with van der Waals surface area (Å²) < 4.78 is 5.13. The summed E-state index contributed by atoms with van der Waals surface area (Å²) in [6.07, 6.45) is 0.752.